The van der Waals surface area contributed by atoms with Crippen LogP contribution in [-0.4, -0.2) is 49.3 Å². The van der Waals surface area contributed by atoms with E-state index in [0.717, 1.165) is 44.1 Å². The number of nitrogens with one attached hydrogen (secondary N) is 2. The summed E-state index contributed by atoms with van der Waals surface area (Å²) in [6.45, 7) is 5.58. The Labute approximate surface area is 119 Å². The minimum Gasteiger partial charge on any atom is -0.370 e. The monoisotopic (exact) mass is 298 g/mol. The molecule has 112 valence electrons. The van der Waals surface area contributed by atoms with Crippen molar-refractivity contribution in [2.24, 2.45) is 11.8 Å². The topological polar surface area (TPSA) is 76.0 Å². The second-order valence-corrected chi connectivity index (χ2v) is 8.26. The molecule has 2 aliphatic heterocycles. The molecule has 1 aromatic rings. The van der Waals surface area contributed by atoms with Crippen molar-refractivity contribution in [2.45, 2.75) is 19.9 Å². The van der Waals surface area contributed by atoms with E-state index < -0.39 is 9.84 Å². The molecule has 1 aromatic heterocycles. The highest BCUT2D eigenvalue weighted by molar-refractivity contribution is 7.91. The normalized spacial score (nSPS) is 28.1. The average Bonchev–Trinajstić information content (AvgIpc) is 2.90. The minimum atomic E-state index is -2.75. The Morgan fingerprint density at radius 1 is 1.45 bits per heavy atom. The van der Waals surface area contributed by atoms with Crippen LogP contribution < -0.4 is 10.6 Å². The van der Waals surface area contributed by atoms with E-state index in [0.29, 0.717) is 23.3 Å². The number of aryl methyl sites for hydroxylation is 1. The lowest BCUT2D eigenvalue weighted by Crippen LogP contribution is -2.37. The average molecular weight is 298 g/mol. The van der Waals surface area contributed by atoms with Gasteiger partial charge in [-0.2, -0.15) is 5.10 Å². The van der Waals surface area contributed by atoms with Gasteiger partial charge in [-0.1, -0.05) is 0 Å². The van der Waals surface area contributed by atoms with E-state index in [1.807, 2.05) is 11.6 Å². The summed E-state index contributed by atoms with van der Waals surface area (Å²) in [6, 6.07) is 2.06. The Bertz CT molecular complexity index is 581. The first-order valence-corrected chi connectivity index (χ1v) is 9.03. The quantitative estimate of drug-likeness (QED) is 0.834. The van der Waals surface area contributed by atoms with E-state index in [1.54, 1.807) is 0 Å². The number of hydrogen-bond acceptors (Lipinski definition) is 5. The van der Waals surface area contributed by atoms with Gasteiger partial charge in [0.2, 0.25) is 0 Å². The Balaban J connectivity index is 1.44. The van der Waals surface area contributed by atoms with Gasteiger partial charge < -0.3 is 10.6 Å². The molecule has 0 saturated carbocycles. The second-order valence-electron chi connectivity index (χ2n) is 6.03. The number of fused-ring (bicyclic) bond motifs is 1. The Morgan fingerprint density at radius 3 is 3.00 bits per heavy atom. The lowest BCUT2D eigenvalue weighted by Gasteiger charge is -2.25. The van der Waals surface area contributed by atoms with Crippen LogP contribution in [0.4, 0.5) is 5.82 Å². The van der Waals surface area contributed by atoms with E-state index in [9.17, 15) is 8.42 Å². The molecule has 2 N–H and O–H groups in total. The number of nitrogens with zero attached hydrogens (tertiary/aromatic N) is 2. The highest BCUT2D eigenvalue weighted by Crippen LogP contribution is 2.19. The molecule has 0 unspecified atom stereocenters. The zero-order valence-electron chi connectivity index (χ0n) is 11.8. The summed E-state index contributed by atoms with van der Waals surface area (Å²) in [5.74, 6) is 2.60. The van der Waals surface area contributed by atoms with Crippen LogP contribution in [0.15, 0.2) is 6.07 Å². The molecule has 6 nitrogen and oxygen atoms in total. The summed E-state index contributed by atoms with van der Waals surface area (Å²) in [4.78, 5) is 0. The van der Waals surface area contributed by atoms with Crippen molar-refractivity contribution < 1.29 is 8.42 Å². The standard InChI is InChI=1S/C13H22N4O2S/c1-10-4-13-15-7-12(8-17(13)16-10)6-14-5-11-2-3-20(18,19)9-11/h4,11-12,14-15H,2-3,5-9H2,1H3/t11-,12+/m1/s1. The maximum Gasteiger partial charge on any atom is 0.150 e. The summed E-state index contributed by atoms with van der Waals surface area (Å²) < 4.78 is 24.8. The third-order valence-electron chi connectivity index (χ3n) is 4.10. The maximum atomic E-state index is 11.4. The van der Waals surface area contributed by atoms with Crippen molar-refractivity contribution in [3.8, 4) is 0 Å². The molecule has 0 radical (unpaired) electrons. The molecule has 1 saturated heterocycles. The van der Waals surface area contributed by atoms with Gasteiger partial charge in [0.1, 0.15) is 5.82 Å². The molecule has 0 spiro atoms. The Morgan fingerprint density at radius 2 is 2.25 bits per heavy atom. The number of aromatic nitrogens is 2. The molecule has 7 heteroatoms. The van der Waals surface area contributed by atoms with Crippen LogP contribution in [-0.2, 0) is 16.4 Å². The molecular weight excluding hydrogens is 276 g/mol. The van der Waals surface area contributed by atoms with Crippen molar-refractivity contribution in [3.05, 3.63) is 11.8 Å². The van der Waals surface area contributed by atoms with Gasteiger partial charge in [0.25, 0.3) is 0 Å². The summed E-state index contributed by atoms with van der Waals surface area (Å²) >= 11 is 0. The van der Waals surface area contributed by atoms with Gasteiger partial charge in [-0.15, -0.1) is 0 Å². The van der Waals surface area contributed by atoms with E-state index in [1.165, 1.54) is 0 Å². The third kappa shape index (κ3) is 3.15. The second kappa shape index (κ2) is 5.37. The van der Waals surface area contributed by atoms with Gasteiger partial charge in [0.15, 0.2) is 9.84 Å². The SMILES string of the molecule is Cc1cc2n(n1)C[C@@H](CNC[C@H]1CCS(=O)(=O)C1)CN2. The molecule has 0 aliphatic carbocycles. The fourth-order valence-corrected chi connectivity index (χ4v) is 4.91. The molecule has 3 rings (SSSR count). The third-order valence-corrected chi connectivity index (χ3v) is 5.93. The Hall–Kier alpha value is -1.08. The zero-order valence-corrected chi connectivity index (χ0v) is 12.6. The van der Waals surface area contributed by atoms with Crippen LogP contribution >= 0.6 is 0 Å². The van der Waals surface area contributed by atoms with Crippen LogP contribution in [0, 0.1) is 18.8 Å². The van der Waals surface area contributed by atoms with Crippen LogP contribution in [0.1, 0.15) is 12.1 Å². The minimum absolute atomic E-state index is 0.291. The molecular formula is C13H22N4O2S. The van der Waals surface area contributed by atoms with E-state index in [-0.39, 0.29) is 0 Å². The first-order chi connectivity index (χ1) is 9.52. The summed E-state index contributed by atoms with van der Waals surface area (Å²) in [5, 5.41) is 11.3. The summed E-state index contributed by atoms with van der Waals surface area (Å²) in [7, 11) is -2.75. The molecule has 20 heavy (non-hydrogen) atoms. The summed E-state index contributed by atoms with van der Waals surface area (Å²) in [6.07, 6.45) is 0.806. The van der Waals surface area contributed by atoms with Gasteiger partial charge >= 0.3 is 0 Å². The molecule has 0 aromatic carbocycles. The predicted octanol–water partition coefficient (Wildman–Crippen LogP) is 0.258. The van der Waals surface area contributed by atoms with Gasteiger partial charge in [-0.05, 0) is 25.8 Å². The van der Waals surface area contributed by atoms with Crippen LogP contribution in [0.5, 0.6) is 0 Å². The lowest BCUT2D eigenvalue weighted by molar-refractivity contribution is 0.379. The zero-order chi connectivity index (χ0) is 14.2. The van der Waals surface area contributed by atoms with Crippen molar-refractivity contribution in [3.63, 3.8) is 0 Å². The Kier molecular flexibility index (Phi) is 3.72. The molecule has 2 aliphatic rings. The number of hydrogen-bond donors (Lipinski definition) is 2. The van der Waals surface area contributed by atoms with Crippen molar-refractivity contribution in [1.29, 1.82) is 0 Å². The first kappa shape index (κ1) is 13.9. The molecule has 2 atom stereocenters. The fourth-order valence-electron chi connectivity index (χ4n) is 3.05. The van der Waals surface area contributed by atoms with Crippen LogP contribution in [0.25, 0.3) is 0 Å². The van der Waals surface area contributed by atoms with Crippen LogP contribution in [0.2, 0.25) is 0 Å². The van der Waals surface area contributed by atoms with Gasteiger partial charge in [-0.3, -0.25) is 0 Å². The lowest BCUT2D eigenvalue weighted by atomic mass is 10.1. The first-order valence-electron chi connectivity index (χ1n) is 7.21. The maximum absolute atomic E-state index is 11.4. The highest BCUT2D eigenvalue weighted by atomic mass is 32.2. The van der Waals surface area contributed by atoms with Crippen molar-refractivity contribution >= 4 is 15.7 Å². The molecule has 0 bridgehead atoms. The molecule has 0 amide bonds. The number of rotatable bonds is 4. The van der Waals surface area contributed by atoms with Gasteiger partial charge in [-0.25, -0.2) is 13.1 Å². The van der Waals surface area contributed by atoms with E-state index in [4.69, 9.17) is 0 Å². The van der Waals surface area contributed by atoms with Gasteiger partial charge in [0.05, 0.1) is 17.2 Å². The molecule has 3 heterocycles. The van der Waals surface area contributed by atoms with Gasteiger partial charge in [0, 0.05) is 31.6 Å². The fraction of sp³-hybridized carbons (Fsp3) is 0.769. The van der Waals surface area contributed by atoms with Crippen molar-refractivity contribution in [1.82, 2.24) is 15.1 Å². The predicted molar refractivity (Wildman–Crippen MR) is 78.6 cm³/mol. The highest BCUT2D eigenvalue weighted by Gasteiger charge is 2.27. The smallest absolute Gasteiger partial charge is 0.150 e. The number of sulfone groups is 1. The molecule has 1 fully saturated rings. The summed E-state index contributed by atoms with van der Waals surface area (Å²) in [5.41, 5.74) is 1.04. The number of anilines is 1. The van der Waals surface area contributed by atoms with E-state index >= 15 is 0 Å². The van der Waals surface area contributed by atoms with Crippen LogP contribution in [0.3, 0.4) is 0 Å². The van der Waals surface area contributed by atoms with Crippen molar-refractivity contribution in [2.75, 3.05) is 36.5 Å². The largest absolute Gasteiger partial charge is 0.370 e. The van der Waals surface area contributed by atoms with E-state index in [2.05, 4.69) is 21.8 Å².